The van der Waals surface area contributed by atoms with Gasteiger partial charge in [0.1, 0.15) is 22.7 Å². The lowest BCUT2D eigenvalue weighted by atomic mass is 10.2. The van der Waals surface area contributed by atoms with E-state index in [1.807, 2.05) is 0 Å². The molecule has 2 heterocycles. The van der Waals surface area contributed by atoms with Gasteiger partial charge in [0.15, 0.2) is 5.69 Å². The first-order valence-corrected chi connectivity index (χ1v) is 5.44. The van der Waals surface area contributed by atoms with E-state index in [0.29, 0.717) is 17.1 Å². The van der Waals surface area contributed by atoms with Crippen molar-refractivity contribution in [2.75, 3.05) is 0 Å². The van der Waals surface area contributed by atoms with Crippen molar-refractivity contribution in [2.45, 2.75) is 33.3 Å². The molecule has 0 aliphatic rings. The quantitative estimate of drug-likeness (QED) is 0.815. The number of aromatic amines is 1. The fraction of sp³-hybridized carbons (Fsp3) is 0.455. The Morgan fingerprint density at radius 3 is 2.67 bits per heavy atom. The number of aryl methyl sites for hydroxylation is 1. The molecule has 7 nitrogen and oxygen atoms in total. The average Bonchev–Trinajstić information content (AvgIpc) is 2.81. The SMILES string of the molecule is Cc1cc(-c2n[nH]nc2C(=O)OC(C)(C)C)no1. The van der Waals surface area contributed by atoms with Crippen LogP contribution in [0.15, 0.2) is 10.6 Å². The molecular formula is C11H14N4O3. The molecule has 0 spiro atoms. The highest BCUT2D eigenvalue weighted by Gasteiger charge is 2.25. The number of ether oxygens (including phenoxy) is 1. The molecule has 0 aliphatic heterocycles. The van der Waals surface area contributed by atoms with Crippen molar-refractivity contribution in [1.29, 1.82) is 0 Å². The highest BCUT2D eigenvalue weighted by molar-refractivity contribution is 5.93. The zero-order valence-corrected chi connectivity index (χ0v) is 10.6. The lowest BCUT2D eigenvalue weighted by Gasteiger charge is -2.18. The van der Waals surface area contributed by atoms with E-state index >= 15 is 0 Å². The molecule has 0 saturated heterocycles. The minimum Gasteiger partial charge on any atom is -0.455 e. The summed E-state index contributed by atoms with van der Waals surface area (Å²) < 4.78 is 10.2. The Hall–Kier alpha value is -2.18. The molecule has 0 aromatic carbocycles. The average molecular weight is 250 g/mol. The molecule has 2 aromatic rings. The summed E-state index contributed by atoms with van der Waals surface area (Å²) in [4.78, 5) is 11.9. The predicted molar refractivity (Wildman–Crippen MR) is 61.8 cm³/mol. The summed E-state index contributed by atoms with van der Waals surface area (Å²) >= 11 is 0. The van der Waals surface area contributed by atoms with E-state index in [-0.39, 0.29) is 5.69 Å². The number of rotatable bonds is 2. The third kappa shape index (κ3) is 2.55. The van der Waals surface area contributed by atoms with Crippen molar-refractivity contribution in [3.05, 3.63) is 17.5 Å². The largest absolute Gasteiger partial charge is 0.455 e. The van der Waals surface area contributed by atoms with Crippen molar-refractivity contribution in [2.24, 2.45) is 0 Å². The molecule has 2 aromatic heterocycles. The molecule has 18 heavy (non-hydrogen) atoms. The maximum Gasteiger partial charge on any atom is 0.361 e. The van der Waals surface area contributed by atoms with E-state index in [2.05, 4.69) is 20.6 Å². The van der Waals surface area contributed by atoms with Gasteiger partial charge in [-0.1, -0.05) is 5.16 Å². The molecular weight excluding hydrogens is 236 g/mol. The minimum atomic E-state index is -0.590. The highest BCUT2D eigenvalue weighted by atomic mass is 16.6. The Balaban J connectivity index is 2.31. The molecule has 0 atom stereocenters. The van der Waals surface area contributed by atoms with E-state index in [1.54, 1.807) is 33.8 Å². The minimum absolute atomic E-state index is 0.0956. The Morgan fingerprint density at radius 2 is 2.11 bits per heavy atom. The summed E-state index contributed by atoms with van der Waals surface area (Å²) in [6.07, 6.45) is 0. The molecule has 7 heteroatoms. The third-order valence-electron chi connectivity index (χ3n) is 2.01. The number of hydrogen-bond acceptors (Lipinski definition) is 6. The van der Waals surface area contributed by atoms with Gasteiger partial charge < -0.3 is 9.26 Å². The topological polar surface area (TPSA) is 93.9 Å². The number of carbonyl (C=O) groups excluding carboxylic acids is 1. The summed E-state index contributed by atoms with van der Waals surface area (Å²) in [5, 5.41) is 13.9. The van der Waals surface area contributed by atoms with Gasteiger partial charge in [-0.15, -0.1) is 5.10 Å². The summed E-state index contributed by atoms with van der Waals surface area (Å²) in [6.45, 7) is 7.10. The van der Waals surface area contributed by atoms with Crippen molar-refractivity contribution >= 4 is 5.97 Å². The Kier molecular flexibility index (Phi) is 2.90. The zero-order chi connectivity index (χ0) is 13.3. The lowest BCUT2D eigenvalue weighted by molar-refractivity contribution is 0.00637. The van der Waals surface area contributed by atoms with Gasteiger partial charge in [0, 0.05) is 6.07 Å². The summed E-state index contributed by atoms with van der Waals surface area (Å²) in [6, 6.07) is 1.67. The van der Waals surface area contributed by atoms with Gasteiger partial charge in [0.25, 0.3) is 0 Å². The molecule has 0 unspecified atom stereocenters. The molecule has 0 radical (unpaired) electrons. The van der Waals surface area contributed by atoms with Crippen LogP contribution >= 0.6 is 0 Å². The van der Waals surface area contributed by atoms with Crippen LogP contribution in [0.25, 0.3) is 11.4 Å². The van der Waals surface area contributed by atoms with Gasteiger partial charge in [-0.05, 0) is 27.7 Å². The van der Waals surface area contributed by atoms with Gasteiger partial charge in [-0.3, -0.25) is 0 Å². The number of carbonyl (C=O) groups is 1. The molecule has 0 bridgehead atoms. The Bertz CT molecular complexity index is 565. The zero-order valence-electron chi connectivity index (χ0n) is 10.6. The number of H-pyrrole nitrogens is 1. The summed E-state index contributed by atoms with van der Waals surface area (Å²) in [5.74, 6) is 0.0787. The first-order chi connectivity index (χ1) is 8.37. The van der Waals surface area contributed by atoms with Crippen molar-refractivity contribution in [3.8, 4) is 11.4 Å². The standard InChI is InChI=1S/C11H14N4O3/c1-6-5-7(14-18-6)8-9(13-15-12-8)10(16)17-11(2,3)4/h5H,1-4H3,(H,12,13,15). The van der Waals surface area contributed by atoms with Crippen molar-refractivity contribution in [1.82, 2.24) is 20.6 Å². The number of esters is 1. The maximum atomic E-state index is 11.9. The Labute approximate surface area is 104 Å². The molecule has 0 saturated carbocycles. The third-order valence-corrected chi connectivity index (χ3v) is 2.01. The Morgan fingerprint density at radius 1 is 1.39 bits per heavy atom. The highest BCUT2D eigenvalue weighted by Crippen LogP contribution is 2.21. The smallest absolute Gasteiger partial charge is 0.361 e. The van der Waals surface area contributed by atoms with E-state index in [1.165, 1.54) is 0 Å². The van der Waals surface area contributed by atoms with Gasteiger partial charge >= 0.3 is 5.97 Å². The molecule has 96 valence electrons. The van der Waals surface area contributed by atoms with Gasteiger partial charge in [0.2, 0.25) is 0 Å². The van der Waals surface area contributed by atoms with Crippen LogP contribution in [0, 0.1) is 6.92 Å². The maximum absolute atomic E-state index is 11.9. The summed E-state index contributed by atoms with van der Waals surface area (Å²) in [7, 11) is 0. The van der Waals surface area contributed by atoms with Crippen LogP contribution in [0.1, 0.15) is 37.0 Å². The molecule has 0 amide bonds. The molecule has 0 aliphatic carbocycles. The lowest BCUT2D eigenvalue weighted by Crippen LogP contribution is -2.24. The number of nitrogens with one attached hydrogen (secondary N) is 1. The van der Waals surface area contributed by atoms with Crippen LogP contribution in [-0.4, -0.2) is 32.1 Å². The van der Waals surface area contributed by atoms with Crippen LogP contribution in [-0.2, 0) is 4.74 Å². The normalized spacial score (nSPS) is 11.6. The molecule has 2 rings (SSSR count). The van der Waals surface area contributed by atoms with Gasteiger partial charge in [-0.2, -0.15) is 10.3 Å². The second-order valence-corrected chi connectivity index (χ2v) is 4.85. The molecule has 1 N–H and O–H groups in total. The van der Waals surface area contributed by atoms with Gasteiger partial charge in [-0.25, -0.2) is 4.79 Å². The van der Waals surface area contributed by atoms with Crippen molar-refractivity contribution < 1.29 is 14.1 Å². The summed E-state index contributed by atoms with van der Waals surface area (Å²) in [5.41, 5.74) is 0.272. The van der Waals surface area contributed by atoms with Crippen LogP contribution in [0.2, 0.25) is 0 Å². The predicted octanol–water partition coefficient (Wildman–Crippen LogP) is 1.72. The van der Waals surface area contributed by atoms with Crippen LogP contribution < -0.4 is 0 Å². The van der Waals surface area contributed by atoms with Gasteiger partial charge in [0.05, 0.1) is 0 Å². The first-order valence-electron chi connectivity index (χ1n) is 5.44. The number of aromatic nitrogens is 4. The van der Waals surface area contributed by atoms with E-state index in [4.69, 9.17) is 9.26 Å². The van der Waals surface area contributed by atoms with E-state index in [9.17, 15) is 4.79 Å². The van der Waals surface area contributed by atoms with E-state index < -0.39 is 11.6 Å². The second kappa shape index (κ2) is 4.25. The second-order valence-electron chi connectivity index (χ2n) is 4.85. The van der Waals surface area contributed by atoms with Crippen molar-refractivity contribution in [3.63, 3.8) is 0 Å². The molecule has 0 fully saturated rings. The first kappa shape index (κ1) is 12.3. The monoisotopic (exact) mass is 250 g/mol. The van der Waals surface area contributed by atoms with Crippen LogP contribution in [0.3, 0.4) is 0 Å². The number of hydrogen-bond donors (Lipinski definition) is 1. The number of nitrogens with zero attached hydrogens (tertiary/aromatic N) is 3. The fourth-order valence-corrected chi connectivity index (χ4v) is 1.36. The van der Waals surface area contributed by atoms with Crippen LogP contribution in [0.4, 0.5) is 0 Å². The fourth-order valence-electron chi connectivity index (χ4n) is 1.36. The van der Waals surface area contributed by atoms with Crippen LogP contribution in [0.5, 0.6) is 0 Å². The van der Waals surface area contributed by atoms with E-state index in [0.717, 1.165) is 0 Å².